The summed E-state index contributed by atoms with van der Waals surface area (Å²) < 4.78 is 0. The monoisotopic (exact) mass is 372 g/mol. The number of carbonyl (C=O) groups excluding carboxylic acids is 1. The van der Waals surface area contributed by atoms with E-state index in [2.05, 4.69) is 15.1 Å². The van der Waals surface area contributed by atoms with Crippen LogP contribution in [0.1, 0.15) is 38.2 Å². The Bertz CT molecular complexity index is 732. The number of carbonyl (C=O) groups is 1. The molecule has 0 spiro atoms. The molecule has 1 aliphatic carbocycles. The number of anilines is 1. The number of hydrogen-bond acceptors (Lipinski definition) is 5. The van der Waals surface area contributed by atoms with Crippen LogP contribution in [0.2, 0.25) is 0 Å². The molecule has 2 fully saturated rings. The molecule has 0 bridgehead atoms. The lowest BCUT2D eigenvalue weighted by Crippen LogP contribution is -2.62. The number of nitrogens with zero attached hydrogens (tertiary/aromatic N) is 3. The maximum atomic E-state index is 12.8. The Kier molecular flexibility index (Phi) is 5.04. The fourth-order valence-corrected chi connectivity index (χ4v) is 5.15. The first-order chi connectivity index (χ1) is 13.1. The minimum Gasteiger partial charge on any atom is -0.365 e. The number of hydrogen-bond donors (Lipinski definition) is 1. The molecule has 146 valence electrons. The van der Waals surface area contributed by atoms with Gasteiger partial charge in [-0.05, 0) is 37.8 Å². The lowest BCUT2D eigenvalue weighted by atomic mass is 9.83. The zero-order valence-corrected chi connectivity index (χ0v) is 15.9. The van der Waals surface area contributed by atoms with E-state index in [4.69, 9.17) is 0 Å². The van der Waals surface area contributed by atoms with Crippen LogP contribution >= 0.6 is 0 Å². The van der Waals surface area contributed by atoms with Gasteiger partial charge in [0.05, 0.1) is 16.9 Å². The number of nitro groups is 1. The average molecular weight is 372 g/mol. The Morgan fingerprint density at radius 3 is 2.78 bits per heavy atom. The quantitative estimate of drug-likeness (QED) is 0.648. The Balaban J connectivity index is 1.64. The van der Waals surface area contributed by atoms with Gasteiger partial charge in [0.1, 0.15) is 0 Å². The number of piperazine rings is 1. The van der Waals surface area contributed by atoms with Gasteiger partial charge in [0.25, 0.3) is 5.69 Å². The molecule has 2 aliphatic heterocycles. The molecule has 1 aromatic carbocycles. The van der Waals surface area contributed by atoms with Crippen LogP contribution in [0.4, 0.5) is 11.4 Å². The Labute approximate surface area is 159 Å². The predicted molar refractivity (Wildman–Crippen MR) is 104 cm³/mol. The molecular formula is C20H28N4O3. The summed E-state index contributed by atoms with van der Waals surface area (Å²) >= 11 is 0. The van der Waals surface area contributed by atoms with E-state index in [-0.39, 0.29) is 28.5 Å². The van der Waals surface area contributed by atoms with Crippen LogP contribution in [0.3, 0.4) is 0 Å². The predicted octanol–water partition coefficient (Wildman–Crippen LogP) is 2.34. The minimum absolute atomic E-state index is 0.0675. The van der Waals surface area contributed by atoms with Crippen molar-refractivity contribution in [3.8, 4) is 0 Å². The summed E-state index contributed by atoms with van der Waals surface area (Å²) in [6.45, 7) is 5.32. The molecule has 27 heavy (non-hydrogen) atoms. The molecule has 7 nitrogen and oxygen atoms in total. The molecule has 1 saturated heterocycles. The van der Waals surface area contributed by atoms with Crippen molar-refractivity contribution in [3.63, 3.8) is 0 Å². The highest BCUT2D eigenvalue weighted by Crippen LogP contribution is 2.39. The highest BCUT2D eigenvalue weighted by molar-refractivity contribution is 5.82. The Morgan fingerprint density at radius 2 is 2.07 bits per heavy atom. The summed E-state index contributed by atoms with van der Waals surface area (Å²) in [4.78, 5) is 28.6. The van der Waals surface area contributed by atoms with Gasteiger partial charge in [-0.1, -0.05) is 12.8 Å². The van der Waals surface area contributed by atoms with Crippen LogP contribution in [-0.4, -0.2) is 54.0 Å². The Morgan fingerprint density at radius 1 is 1.30 bits per heavy atom. The van der Waals surface area contributed by atoms with E-state index in [1.807, 2.05) is 13.0 Å². The van der Waals surface area contributed by atoms with Gasteiger partial charge in [-0.3, -0.25) is 19.8 Å². The van der Waals surface area contributed by atoms with Gasteiger partial charge >= 0.3 is 0 Å². The Hall–Kier alpha value is -2.15. The average Bonchev–Trinajstić information content (AvgIpc) is 3.21. The molecule has 0 unspecified atom stereocenters. The topological polar surface area (TPSA) is 78.7 Å². The highest BCUT2D eigenvalue weighted by Gasteiger charge is 2.43. The summed E-state index contributed by atoms with van der Waals surface area (Å²) in [6, 6.07) is 5.91. The van der Waals surface area contributed by atoms with Crippen molar-refractivity contribution < 1.29 is 9.72 Å². The van der Waals surface area contributed by atoms with Crippen LogP contribution < -0.4 is 10.2 Å². The second-order valence-electron chi connectivity index (χ2n) is 7.97. The van der Waals surface area contributed by atoms with Crippen molar-refractivity contribution in [2.75, 3.05) is 31.1 Å². The van der Waals surface area contributed by atoms with Gasteiger partial charge < -0.3 is 10.2 Å². The highest BCUT2D eigenvalue weighted by atomic mass is 16.6. The lowest BCUT2D eigenvalue weighted by Gasteiger charge is -2.50. The van der Waals surface area contributed by atoms with Gasteiger partial charge in [0.15, 0.2) is 0 Å². The zero-order valence-electron chi connectivity index (χ0n) is 15.9. The van der Waals surface area contributed by atoms with Crippen LogP contribution in [0.25, 0.3) is 0 Å². The van der Waals surface area contributed by atoms with Gasteiger partial charge in [-0.2, -0.15) is 0 Å². The largest absolute Gasteiger partial charge is 0.365 e. The number of fused-ring (bicyclic) bond motifs is 3. The van der Waals surface area contributed by atoms with Crippen LogP contribution in [0.15, 0.2) is 18.2 Å². The molecule has 4 rings (SSSR count). The number of rotatable bonds is 4. The number of amides is 1. The fraction of sp³-hybridized carbons (Fsp3) is 0.650. The third-order valence-electron chi connectivity index (χ3n) is 6.47. The molecule has 7 heteroatoms. The summed E-state index contributed by atoms with van der Waals surface area (Å²) in [5.41, 5.74) is 2.09. The van der Waals surface area contributed by atoms with Crippen molar-refractivity contribution in [1.29, 1.82) is 0 Å². The van der Waals surface area contributed by atoms with E-state index in [1.54, 1.807) is 12.1 Å². The zero-order chi connectivity index (χ0) is 19.0. The van der Waals surface area contributed by atoms with Gasteiger partial charge in [-0.15, -0.1) is 0 Å². The first-order valence-electron chi connectivity index (χ1n) is 10.1. The van der Waals surface area contributed by atoms with Crippen LogP contribution in [-0.2, 0) is 11.2 Å². The number of benzene rings is 1. The summed E-state index contributed by atoms with van der Waals surface area (Å²) in [5, 5.41) is 14.2. The molecule has 1 aromatic rings. The molecule has 0 radical (unpaired) electrons. The molecule has 1 saturated carbocycles. The van der Waals surface area contributed by atoms with E-state index < -0.39 is 0 Å². The van der Waals surface area contributed by atoms with Crippen LogP contribution in [0.5, 0.6) is 0 Å². The number of non-ortho nitro benzene ring substituents is 1. The fourth-order valence-electron chi connectivity index (χ4n) is 5.15. The smallest absolute Gasteiger partial charge is 0.269 e. The van der Waals surface area contributed by atoms with E-state index in [0.29, 0.717) is 19.0 Å². The summed E-state index contributed by atoms with van der Waals surface area (Å²) in [7, 11) is 0. The van der Waals surface area contributed by atoms with Gasteiger partial charge in [-0.25, -0.2) is 0 Å². The maximum Gasteiger partial charge on any atom is 0.269 e. The van der Waals surface area contributed by atoms with Gasteiger partial charge in [0.2, 0.25) is 5.91 Å². The first kappa shape index (κ1) is 18.2. The number of nitro benzene ring substituents is 1. The standard InChI is InChI=1S/C20H28N4O3/c1-2-21-20(25)17-12-14-11-16(24(26)27)7-8-18(14)23-10-9-22(13-19(17)23)15-5-3-4-6-15/h7-8,11,15,17,19H,2-6,9-10,12-13H2,1H3,(H,21,25)/t17-,19+/m0/s1. The van der Waals surface area contributed by atoms with E-state index in [0.717, 1.165) is 30.9 Å². The molecular weight excluding hydrogens is 344 g/mol. The second kappa shape index (κ2) is 7.46. The van der Waals surface area contributed by atoms with Crippen molar-refractivity contribution in [1.82, 2.24) is 10.2 Å². The third-order valence-corrected chi connectivity index (χ3v) is 6.47. The first-order valence-corrected chi connectivity index (χ1v) is 10.1. The van der Waals surface area contributed by atoms with Gasteiger partial charge in [0, 0.05) is 50.0 Å². The van der Waals surface area contributed by atoms with E-state index in [9.17, 15) is 14.9 Å². The minimum atomic E-state index is -0.356. The molecule has 1 N–H and O–H groups in total. The molecule has 1 amide bonds. The molecule has 0 aromatic heterocycles. The van der Waals surface area contributed by atoms with Crippen molar-refractivity contribution >= 4 is 17.3 Å². The van der Waals surface area contributed by atoms with Crippen LogP contribution in [0, 0.1) is 16.0 Å². The molecule has 3 aliphatic rings. The van der Waals surface area contributed by atoms with Crippen molar-refractivity contribution in [2.45, 2.75) is 51.1 Å². The summed E-state index contributed by atoms with van der Waals surface area (Å²) in [6.07, 6.45) is 5.72. The van der Waals surface area contributed by atoms with Crippen molar-refractivity contribution in [3.05, 3.63) is 33.9 Å². The van der Waals surface area contributed by atoms with E-state index >= 15 is 0 Å². The third kappa shape index (κ3) is 3.40. The number of nitrogens with one attached hydrogen (secondary N) is 1. The van der Waals surface area contributed by atoms with Crippen molar-refractivity contribution in [2.24, 2.45) is 5.92 Å². The summed E-state index contributed by atoms with van der Waals surface area (Å²) in [5.74, 6) is -0.0958. The SMILES string of the molecule is CCNC(=O)[C@H]1Cc2cc([N+](=O)[O-])ccc2N2CCN(C3CCCC3)C[C@H]12. The second-order valence-corrected chi connectivity index (χ2v) is 7.97. The molecule has 2 atom stereocenters. The van der Waals surface area contributed by atoms with E-state index in [1.165, 1.54) is 25.7 Å². The lowest BCUT2D eigenvalue weighted by molar-refractivity contribution is -0.384. The normalized spacial score (nSPS) is 25.7. The maximum absolute atomic E-state index is 12.8. The molecule has 2 heterocycles.